The van der Waals surface area contributed by atoms with Gasteiger partial charge in [0.1, 0.15) is 6.42 Å². The molecule has 0 aliphatic rings. The maximum atomic E-state index is 11.9. The fourth-order valence-corrected chi connectivity index (χ4v) is 1.58. The second-order valence-electron chi connectivity index (χ2n) is 3.95. The van der Waals surface area contributed by atoms with Crippen molar-refractivity contribution in [2.45, 2.75) is 6.42 Å². The number of aryl methyl sites for hydroxylation is 1. The first-order valence-corrected chi connectivity index (χ1v) is 5.63. The second-order valence-corrected chi connectivity index (χ2v) is 3.95. The Bertz CT molecular complexity index is 751. The van der Waals surface area contributed by atoms with Crippen LogP contribution in [0.2, 0.25) is 0 Å². The number of hydrogen-bond acceptors (Lipinski definition) is 4. The Labute approximate surface area is 109 Å². The van der Waals surface area contributed by atoms with Crippen molar-refractivity contribution in [2.75, 3.05) is 7.11 Å². The largest absolute Gasteiger partial charge is 0.468 e. The highest BCUT2D eigenvalue weighted by Crippen LogP contribution is 2.08. The molecule has 0 aliphatic heterocycles. The van der Waals surface area contributed by atoms with E-state index in [1.807, 2.05) is 0 Å². The molecule has 0 atom stereocenters. The summed E-state index contributed by atoms with van der Waals surface area (Å²) >= 11 is 0. The number of rotatable bonds is 1. The van der Waals surface area contributed by atoms with E-state index in [0.29, 0.717) is 16.5 Å². The number of methoxy groups -OCH3 is 1. The molecule has 0 saturated carbocycles. The summed E-state index contributed by atoms with van der Waals surface area (Å²) < 4.78 is 5.90. The van der Waals surface area contributed by atoms with Crippen molar-refractivity contribution in [3.8, 4) is 11.8 Å². The van der Waals surface area contributed by atoms with Gasteiger partial charge in [-0.15, -0.1) is 0 Å². The van der Waals surface area contributed by atoms with Crippen LogP contribution in [0.3, 0.4) is 0 Å². The van der Waals surface area contributed by atoms with Gasteiger partial charge in [-0.05, 0) is 18.2 Å². The topological polar surface area (TPSA) is 61.2 Å². The Balaban J connectivity index is 2.39. The number of carbonyl (C=O) groups is 1. The van der Waals surface area contributed by atoms with Crippen LogP contribution in [0, 0.1) is 11.8 Å². The molecule has 1 aromatic heterocycles. The lowest BCUT2D eigenvalue weighted by Crippen LogP contribution is -2.16. The molecule has 2 rings (SSSR count). The first-order valence-electron chi connectivity index (χ1n) is 5.63. The lowest BCUT2D eigenvalue weighted by molar-refractivity contribution is -0.139. The highest BCUT2D eigenvalue weighted by atomic mass is 16.5. The van der Waals surface area contributed by atoms with Gasteiger partial charge in [-0.3, -0.25) is 9.59 Å². The quantitative estimate of drug-likeness (QED) is 0.560. The minimum absolute atomic E-state index is 0.0274. The maximum Gasteiger partial charge on any atom is 0.317 e. The molecule has 0 fully saturated rings. The van der Waals surface area contributed by atoms with Gasteiger partial charge in [-0.2, -0.15) is 0 Å². The fourth-order valence-electron chi connectivity index (χ4n) is 1.58. The average molecular weight is 256 g/mol. The first kappa shape index (κ1) is 12.8. The van der Waals surface area contributed by atoms with E-state index in [0.717, 1.165) is 0 Å². The van der Waals surface area contributed by atoms with E-state index < -0.39 is 0 Å². The van der Waals surface area contributed by atoms with Crippen molar-refractivity contribution in [1.82, 2.24) is 9.55 Å². The van der Waals surface area contributed by atoms with Crippen LogP contribution in [0.5, 0.6) is 0 Å². The fraction of sp³-hybridized carbons (Fsp3) is 0.214. The summed E-state index contributed by atoms with van der Waals surface area (Å²) in [4.78, 5) is 27.0. The predicted octanol–water partition coefficient (Wildman–Crippen LogP) is 0.848. The third-order valence-electron chi connectivity index (χ3n) is 2.61. The van der Waals surface area contributed by atoms with E-state index >= 15 is 0 Å². The van der Waals surface area contributed by atoms with Crippen LogP contribution in [0.15, 0.2) is 29.3 Å². The second kappa shape index (κ2) is 5.36. The van der Waals surface area contributed by atoms with Crippen LogP contribution in [0.25, 0.3) is 10.9 Å². The van der Waals surface area contributed by atoms with Gasteiger partial charge in [0.25, 0.3) is 5.56 Å². The summed E-state index contributed by atoms with van der Waals surface area (Å²) in [5.74, 6) is 5.14. The number of hydrogen-bond donors (Lipinski definition) is 0. The summed E-state index contributed by atoms with van der Waals surface area (Å²) in [5.41, 5.74) is 1.17. The molecule has 0 saturated heterocycles. The third-order valence-corrected chi connectivity index (χ3v) is 2.61. The molecule has 0 spiro atoms. The SMILES string of the molecule is COC(=O)CC#Cc1ccc2ncn(C)c(=O)c2c1. The Morgan fingerprint density at radius 3 is 3.00 bits per heavy atom. The smallest absolute Gasteiger partial charge is 0.317 e. The Morgan fingerprint density at radius 1 is 1.47 bits per heavy atom. The molecule has 0 bridgehead atoms. The molecule has 96 valence electrons. The van der Waals surface area contributed by atoms with Crippen LogP contribution in [-0.2, 0) is 16.6 Å². The van der Waals surface area contributed by atoms with Crippen LogP contribution in [-0.4, -0.2) is 22.6 Å². The maximum absolute atomic E-state index is 11.9. The number of ether oxygens (including phenoxy) is 1. The van der Waals surface area contributed by atoms with Crippen LogP contribution in [0.4, 0.5) is 0 Å². The monoisotopic (exact) mass is 256 g/mol. The molecule has 0 unspecified atom stereocenters. The van der Waals surface area contributed by atoms with Crippen LogP contribution >= 0.6 is 0 Å². The van der Waals surface area contributed by atoms with Gasteiger partial charge in [0.15, 0.2) is 0 Å². The van der Waals surface area contributed by atoms with Crippen molar-refractivity contribution in [1.29, 1.82) is 0 Å². The molecule has 5 heteroatoms. The van der Waals surface area contributed by atoms with Gasteiger partial charge in [-0.25, -0.2) is 4.98 Å². The van der Waals surface area contributed by atoms with Crippen molar-refractivity contribution in [3.63, 3.8) is 0 Å². The molecule has 5 nitrogen and oxygen atoms in total. The molecule has 1 heterocycles. The van der Waals surface area contributed by atoms with Crippen LogP contribution < -0.4 is 5.56 Å². The zero-order valence-corrected chi connectivity index (χ0v) is 10.6. The number of esters is 1. The minimum Gasteiger partial charge on any atom is -0.468 e. The summed E-state index contributed by atoms with van der Waals surface area (Å²) in [7, 11) is 2.96. The highest BCUT2D eigenvalue weighted by Gasteiger charge is 2.02. The minimum atomic E-state index is -0.383. The normalized spacial score (nSPS) is 9.79. The molecular formula is C14H12N2O3. The number of nitrogens with zero attached hydrogens (tertiary/aromatic N) is 2. The Hall–Kier alpha value is -2.61. The Kier molecular flexibility index (Phi) is 3.62. The zero-order valence-electron chi connectivity index (χ0n) is 10.6. The van der Waals surface area contributed by atoms with Crippen LogP contribution in [0.1, 0.15) is 12.0 Å². The van der Waals surface area contributed by atoms with E-state index in [-0.39, 0.29) is 17.9 Å². The lowest BCUT2D eigenvalue weighted by atomic mass is 10.1. The number of carbonyl (C=O) groups excluding carboxylic acids is 1. The molecule has 0 amide bonds. The summed E-state index contributed by atoms with van der Waals surface area (Å²) in [6, 6.07) is 5.17. The summed E-state index contributed by atoms with van der Waals surface area (Å²) in [5, 5.41) is 0.509. The first-order chi connectivity index (χ1) is 9.11. The van der Waals surface area contributed by atoms with Crippen molar-refractivity contribution >= 4 is 16.9 Å². The molecule has 2 aromatic rings. The van der Waals surface area contributed by atoms with Crippen molar-refractivity contribution < 1.29 is 9.53 Å². The number of aromatic nitrogens is 2. The van der Waals surface area contributed by atoms with Gasteiger partial charge in [0.2, 0.25) is 0 Å². The van der Waals surface area contributed by atoms with E-state index in [1.165, 1.54) is 18.0 Å². The Morgan fingerprint density at radius 2 is 2.26 bits per heavy atom. The van der Waals surface area contributed by atoms with Gasteiger partial charge >= 0.3 is 5.97 Å². The lowest BCUT2D eigenvalue weighted by Gasteiger charge is -2.00. The molecule has 0 N–H and O–H groups in total. The molecule has 1 aromatic carbocycles. The predicted molar refractivity (Wildman–Crippen MR) is 70.5 cm³/mol. The highest BCUT2D eigenvalue weighted by molar-refractivity contribution is 5.79. The number of benzene rings is 1. The molecular weight excluding hydrogens is 244 g/mol. The summed E-state index contributed by atoms with van der Waals surface area (Å²) in [6.45, 7) is 0. The molecule has 0 aliphatic carbocycles. The standard InChI is InChI=1S/C14H12N2O3/c1-16-9-15-12-7-6-10(8-11(12)14(16)18)4-3-5-13(17)19-2/h6-9H,5H2,1-2H3. The van der Waals surface area contributed by atoms with Crippen molar-refractivity contribution in [3.05, 3.63) is 40.4 Å². The van der Waals surface area contributed by atoms with E-state index in [9.17, 15) is 9.59 Å². The van der Waals surface area contributed by atoms with Crippen molar-refractivity contribution in [2.24, 2.45) is 7.05 Å². The van der Waals surface area contributed by atoms with Gasteiger partial charge in [0.05, 0.1) is 24.3 Å². The molecule has 19 heavy (non-hydrogen) atoms. The van der Waals surface area contributed by atoms with E-state index in [4.69, 9.17) is 0 Å². The summed E-state index contributed by atoms with van der Waals surface area (Å²) in [6.07, 6.45) is 1.51. The molecule has 0 radical (unpaired) electrons. The van der Waals surface area contributed by atoms with E-state index in [2.05, 4.69) is 21.6 Å². The third kappa shape index (κ3) is 2.80. The zero-order chi connectivity index (χ0) is 13.8. The van der Waals surface area contributed by atoms with Gasteiger partial charge in [0, 0.05) is 12.6 Å². The van der Waals surface area contributed by atoms with Gasteiger partial charge in [-0.1, -0.05) is 11.8 Å². The van der Waals surface area contributed by atoms with Gasteiger partial charge < -0.3 is 9.30 Å². The number of fused-ring (bicyclic) bond motifs is 1. The average Bonchev–Trinajstić information content (AvgIpc) is 2.43. The van der Waals surface area contributed by atoms with E-state index in [1.54, 1.807) is 25.2 Å².